The molecule has 10 heteroatoms. The minimum Gasteiger partial charge on any atom is -0.337 e. The zero-order valence-electron chi connectivity index (χ0n) is 19.7. The molecule has 3 aromatic heterocycles. The van der Waals surface area contributed by atoms with Crippen molar-refractivity contribution >= 4 is 43.9 Å². The number of nitrogens with zero attached hydrogens (tertiary/aromatic N) is 5. The van der Waals surface area contributed by atoms with Crippen LogP contribution in [0, 0.1) is 6.92 Å². The minimum atomic E-state index is -3.68. The Morgan fingerprint density at radius 1 is 0.784 bits per heavy atom. The van der Waals surface area contributed by atoms with Crippen LogP contribution in [-0.4, -0.2) is 32.8 Å². The first-order chi connectivity index (χ1) is 17.9. The van der Waals surface area contributed by atoms with Crippen molar-refractivity contribution in [1.82, 2.24) is 24.3 Å². The van der Waals surface area contributed by atoms with E-state index in [9.17, 15) is 8.42 Å². The molecule has 3 heterocycles. The fourth-order valence-electron chi connectivity index (χ4n) is 3.90. The molecule has 0 aliphatic heterocycles. The molecule has 0 unspecified atom stereocenters. The Hall–Kier alpha value is -4.83. The van der Waals surface area contributed by atoms with E-state index in [-0.39, 0.29) is 4.90 Å². The van der Waals surface area contributed by atoms with Crippen LogP contribution in [0.15, 0.2) is 102 Å². The summed E-state index contributed by atoms with van der Waals surface area (Å²) in [4.78, 5) is 18.6. The van der Waals surface area contributed by atoms with Crippen LogP contribution < -0.4 is 10.0 Å². The fraction of sp³-hybridized carbons (Fsp3) is 0.0370. The van der Waals surface area contributed by atoms with Gasteiger partial charge in [0.1, 0.15) is 11.4 Å². The Bertz CT molecular complexity index is 1850. The topological polar surface area (TPSA) is 114 Å². The van der Waals surface area contributed by atoms with E-state index in [1.807, 2.05) is 48.0 Å². The smallest absolute Gasteiger partial charge is 0.261 e. The third kappa shape index (κ3) is 4.57. The molecule has 3 aromatic carbocycles. The van der Waals surface area contributed by atoms with E-state index >= 15 is 0 Å². The maximum atomic E-state index is 12.7. The van der Waals surface area contributed by atoms with Gasteiger partial charge < -0.3 is 9.72 Å². The molecule has 0 aliphatic rings. The highest BCUT2D eigenvalue weighted by Crippen LogP contribution is 2.25. The Balaban J connectivity index is 1.24. The lowest BCUT2D eigenvalue weighted by atomic mass is 10.2. The molecule has 9 nitrogen and oxygen atoms in total. The first-order valence-electron chi connectivity index (χ1n) is 11.5. The summed E-state index contributed by atoms with van der Waals surface area (Å²) in [7, 11) is -3.68. The quantitative estimate of drug-likeness (QED) is 0.319. The number of aryl methyl sites for hydroxylation is 1. The molecule has 0 saturated heterocycles. The van der Waals surface area contributed by atoms with Crippen molar-refractivity contribution in [3.05, 3.63) is 103 Å². The summed E-state index contributed by atoms with van der Waals surface area (Å²) in [5.74, 6) is 0.551. The van der Waals surface area contributed by atoms with Crippen LogP contribution in [-0.2, 0) is 10.0 Å². The molecule has 0 atom stereocenters. The predicted molar refractivity (Wildman–Crippen MR) is 143 cm³/mol. The molecule has 0 fully saturated rings. The lowest BCUT2D eigenvalue weighted by Crippen LogP contribution is -2.12. The molecule has 0 aliphatic carbocycles. The normalized spacial score (nSPS) is 11.6. The summed E-state index contributed by atoms with van der Waals surface area (Å²) in [6, 6.07) is 21.3. The summed E-state index contributed by atoms with van der Waals surface area (Å²) in [6.07, 6.45) is 7.08. The van der Waals surface area contributed by atoms with E-state index in [1.165, 1.54) is 0 Å². The van der Waals surface area contributed by atoms with Crippen LogP contribution >= 0.6 is 0 Å². The lowest BCUT2D eigenvalue weighted by molar-refractivity contribution is 0.601. The highest BCUT2D eigenvalue weighted by atomic mass is 32.2. The van der Waals surface area contributed by atoms with Crippen LogP contribution in [0.1, 0.15) is 5.56 Å². The average Bonchev–Trinajstić information content (AvgIpc) is 3.35. The predicted octanol–water partition coefficient (Wildman–Crippen LogP) is 5.19. The monoisotopic (exact) mass is 507 g/mol. The third-order valence-electron chi connectivity index (χ3n) is 5.82. The van der Waals surface area contributed by atoms with Gasteiger partial charge in [-0.15, -0.1) is 0 Å². The molecule has 6 aromatic rings. The van der Waals surface area contributed by atoms with Gasteiger partial charge in [-0.1, -0.05) is 29.8 Å². The molecule has 0 bridgehead atoms. The van der Waals surface area contributed by atoms with E-state index in [2.05, 4.69) is 25.0 Å². The van der Waals surface area contributed by atoms with Gasteiger partial charge in [0.05, 0.1) is 22.1 Å². The zero-order chi connectivity index (χ0) is 25.4. The van der Waals surface area contributed by atoms with Gasteiger partial charge in [0, 0.05) is 30.0 Å². The molecule has 0 saturated carbocycles. The number of aromatic nitrogens is 5. The first kappa shape index (κ1) is 22.6. The van der Waals surface area contributed by atoms with Crippen molar-refractivity contribution in [1.29, 1.82) is 0 Å². The van der Waals surface area contributed by atoms with Crippen molar-refractivity contribution in [3.63, 3.8) is 0 Å². The van der Waals surface area contributed by atoms with Gasteiger partial charge in [-0.05, 0) is 55.5 Å². The number of benzene rings is 3. The van der Waals surface area contributed by atoms with Gasteiger partial charge in [0.2, 0.25) is 0 Å². The maximum Gasteiger partial charge on any atom is 0.261 e. The highest BCUT2D eigenvalue weighted by Gasteiger charge is 2.15. The number of hydrogen-bond donors (Lipinski definition) is 2. The molecule has 37 heavy (non-hydrogen) atoms. The second-order valence-corrected chi connectivity index (χ2v) is 10.2. The Labute approximate surface area is 213 Å². The second kappa shape index (κ2) is 8.99. The largest absolute Gasteiger partial charge is 0.337 e. The highest BCUT2D eigenvalue weighted by molar-refractivity contribution is 7.92. The van der Waals surface area contributed by atoms with Crippen LogP contribution in [0.2, 0.25) is 0 Å². The Morgan fingerprint density at radius 2 is 1.51 bits per heavy atom. The molecule has 182 valence electrons. The van der Waals surface area contributed by atoms with Gasteiger partial charge in [0.15, 0.2) is 11.5 Å². The van der Waals surface area contributed by atoms with Crippen LogP contribution in [0.4, 0.5) is 17.2 Å². The number of rotatable bonds is 6. The van der Waals surface area contributed by atoms with Gasteiger partial charge in [-0.25, -0.2) is 23.4 Å². The summed E-state index contributed by atoms with van der Waals surface area (Å²) in [5.41, 5.74) is 5.76. The molecule has 0 spiro atoms. The van der Waals surface area contributed by atoms with Crippen molar-refractivity contribution in [2.75, 3.05) is 10.0 Å². The number of sulfonamides is 1. The Morgan fingerprint density at radius 3 is 2.30 bits per heavy atom. The third-order valence-corrected chi connectivity index (χ3v) is 7.21. The molecule has 2 N–H and O–H groups in total. The number of imidazole rings is 1. The van der Waals surface area contributed by atoms with Crippen LogP contribution in [0.3, 0.4) is 0 Å². The van der Waals surface area contributed by atoms with Crippen molar-refractivity contribution in [2.24, 2.45) is 0 Å². The minimum absolute atomic E-state index is 0.211. The number of nitrogens with one attached hydrogen (secondary N) is 2. The standard InChI is InChI=1S/C27H21N7O2S/c1-18-6-12-21(13-7-18)37(35,36)33-20-10-8-19(9-11-20)30-26-27-32-25(17-34(27)15-14-28-26)24-16-29-22-4-2-3-5-23(22)31-24/h2-17,33H,1H3,(H,28,30). The van der Waals surface area contributed by atoms with Crippen molar-refractivity contribution in [3.8, 4) is 11.4 Å². The molecular weight excluding hydrogens is 486 g/mol. The van der Waals surface area contributed by atoms with Crippen LogP contribution in [0.5, 0.6) is 0 Å². The van der Waals surface area contributed by atoms with E-state index in [0.29, 0.717) is 28.5 Å². The number of hydrogen-bond acceptors (Lipinski definition) is 7. The lowest BCUT2D eigenvalue weighted by Gasteiger charge is -2.10. The first-order valence-corrected chi connectivity index (χ1v) is 13.0. The maximum absolute atomic E-state index is 12.7. The summed E-state index contributed by atoms with van der Waals surface area (Å²) in [5, 5.41) is 3.26. The van der Waals surface area contributed by atoms with E-state index in [0.717, 1.165) is 22.3 Å². The molecule has 0 amide bonds. The van der Waals surface area contributed by atoms with Gasteiger partial charge >= 0.3 is 0 Å². The van der Waals surface area contributed by atoms with Gasteiger partial charge in [-0.2, -0.15) is 0 Å². The number of para-hydroxylation sites is 2. The Kier molecular flexibility index (Phi) is 5.50. The average molecular weight is 508 g/mol. The van der Waals surface area contributed by atoms with Crippen molar-refractivity contribution < 1.29 is 8.42 Å². The van der Waals surface area contributed by atoms with Gasteiger partial charge in [-0.3, -0.25) is 9.71 Å². The van der Waals surface area contributed by atoms with E-state index < -0.39 is 10.0 Å². The molecular formula is C27H21N7O2S. The van der Waals surface area contributed by atoms with E-state index in [4.69, 9.17) is 4.98 Å². The van der Waals surface area contributed by atoms with Gasteiger partial charge in [0.25, 0.3) is 10.0 Å². The molecule has 6 rings (SSSR count). The SMILES string of the molecule is Cc1ccc(S(=O)(=O)Nc2ccc(Nc3nccn4cc(-c5cnc6ccccc6n5)nc34)cc2)cc1. The second-order valence-electron chi connectivity index (χ2n) is 8.50. The summed E-state index contributed by atoms with van der Waals surface area (Å²) in [6.45, 7) is 1.91. The molecule has 0 radical (unpaired) electrons. The summed E-state index contributed by atoms with van der Waals surface area (Å²) >= 11 is 0. The van der Waals surface area contributed by atoms with E-state index in [1.54, 1.807) is 60.9 Å². The summed E-state index contributed by atoms with van der Waals surface area (Å²) < 4.78 is 29.8. The fourth-order valence-corrected chi connectivity index (χ4v) is 4.96. The van der Waals surface area contributed by atoms with Crippen LogP contribution in [0.25, 0.3) is 28.1 Å². The van der Waals surface area contributed by atoms with Crippen molar-refractivity contribution in [2.45, 2.75) is 11.8 Å². The zero-order valence-corrected chi connectivity index (χ0v) is 20.5. The number of anilines is 3. The number of fused-ring (bicyclic) bond motifs is 2.